The molecule has 6 heteroatoms. The molecule has 0 saturated heterocycles. The Morgan fingerprint density at radius 1 is 1.14 bits per heavy atom. The third kappa shape index (κ3) is 3.47. The van der Waals surface area contributed by atoms with Crippen LogP contribution in [-0.2, 0) is 12.8 Å². The molecule has 1 amide bonds. The number of hydrogen-bond donors (Lipinski definition) is 3. The van der Waals surface area contributed by atoms with Gasteiger partial charge in [0, 0.05) is 41.8 Å². The van der Waals surface area contributed by atoms with Crippen molar-refractivity contribution in [2.75, 3.05) is 18.9 Å². The van der Waals surface area contributed by atoms with Crippen molar-refractivity contribution in [3.05, 3.63) is 58.7 Å². The molecule has 3 heterocycles. The van der Waals surface area contributed by atoms with Crippen LogP contribution in [0.15, 0.2) is 42.6 Å². The van der Waals surface area contributed by atoms with Crippen molar-refractivity contribution in [3.63, 3.8) is 0 Å². The summed E-state index contributed by atoms with van der Waals surface area (Å²) in [6.07, 6.45) is 4.82. The zero-order valence-corrected chi connectivity index (χ0v) is 17.0. The van der Waals surface area contributed by atoms with E-state index in [-0.39, 0.29) is 5.91 Å². The van der Waals surface area contributed by atoms with Crippen molar-refractivity contribution < 1.29 is 4.79 Å². The standard InChI is InChI=1S/C22H24N4OS/c1-3-6-15-9-10-17-19(23-2)20(28-22(17)26-15)21(27)24-12-11-14-13-25-18-8-5-4-7-16(14)18/h4-5,7-10,13,23,25H,3,6,11-12H2,1-2H3,(H,24,27). The van der Waals surface area contributed by atoms with Crippen molar-refractivity contribution in [2.45, 2.75) is 26.2 Å². The lowest BCUT2D eigenvalue weighted by Gasteiger charge is -2.06. The Morgan fingerprint density at radius 3 is 2.82 bits per heavy atom. The van der Waals surface area contributed by atoms with Crippen LogP contribution in [0, 0.1) is 0 Å². The second kappa shape index (κ2) is 8.02. The van der Waals surface area contributed by atoms with Gasteiger partial charge in [0.2, 0.25) is 0 Å². The number of fused-ring (bicyclic) bond motifs is 2. The van der Waals surface area contributed by atoms with E-state index in [0.29, 0.717) is 11.4 Å². The van der Waals surface area contributed by atoms with Crippen molar-refractivity contribution in [3.8, 4) is 0 Å². The quantitative estimate of drug-likeness (QED) is 0.425. The number of carbonyl (C=O) groups is 1. The van der Waals surface area contributed by atoms with Crippen LogP contribution in [0.5, 0.6) is 0 Å². The summed E-state index contributed by atoms with van der Waals surface area (Å²) in [6, 6.07) is 12.3. The van der Waals surface area contributed by atoms with E-state index in [1.165, 1.54) is 22.3 Å². The highest BCUT2D eigenvalue weighted by molar-refractivity contribution is 7.21. The van der Waals surface area contributed by atoms with E-state index in [2.05, 4.69) is 46.8 Å². The summed E-state index contributed by atoms with van der Waals surface area (Å²) in [5, 5.41) is 8.47. The molecular formula is C22H24N4OS. The molecule has 3 aromatic heterocycles. The first kappa shape index (κ1) is 18.5. The summed E-state index contributed by atoms with van der Waals surface area (Å²) in [7, 11) is 1.85. The van der Waals surface area contributed by atoms with Gasteiger partial charge in [-0.15, -0.1) is 11.3 Å². The Hall–Kier alpha value is -2.86. The molecule has 0 saturated carbocycles. The van der Waals surface area contributed by atoms with Crippen LogP contribution < -0.4 is 10.6 Å². The highest BCUT2D eigenvalue weighted by atomic mass is 32.1. The third-order valence-corrected chi connectivity index (χ3v) is 6.03. The van der Waals surface area contributed by atoms with E-state index < -0.39 is 0 Å². The molecule has 0 aliphatic carbocycles. The van der Waals surface area contributed by atoms with Crippen molar-refractivity contribution in [2.24, 2.45) is 0 Å². The summed E-state index contributed by atoms with van der Waals surface area (Å²) in [6.45, 7) is 2.73. The van der Waals surface area contributed by atoms with Gasteiger partial charge >= 0.3 is 0 Å². The van der Waals surface area contributed by atoms with Crippen molar-refractivity contribution in [1.82, 2.24) is 15.3 Å². The predicted molar refractivity (Wildman–Crippen MR) is 117 cm³/mol. The molecule has 144 valence electrons. The van der Waals surface area contributed by atoms with Crippen LogP contribution in [0.3, 0.4) is 0 Å². The monoisotopic (exact) mass is 392 g/mol. The molecule has 0 aliphatic rings. The minimum absolute atomic E-state index is 0.0516. The minimum Gasteiger partial charge on any atom is -0.386 e. The number of para-hydroxylation sites is 1. The average molecular weight is 393 g/mol. The van der Waals surface area contributed by atoms with Crippen molar-refractivity contribution >= 4 is 44.1 Å². The molecule has 5 nitrogen and oxygen atoms in total. The molecule has 0 radical (unpaired) electrons. The maximum atomic E-state index is 12.8. The molecule has 0 aliphatic heterocycles. The first-order chi connectivity index (χ1) is 13.7. The van der Waals surface area contributed by atoms with E-state index in [1.54, 1.807) is 0 Å². The van der Waals surface area contributed by atoms with Crippen LogP contribution in [0.1, 0.15) is 34.3 Å². The zero-order valence-electron chi connectivity index (χ0n) is 16.1. The molecule has 0 spiro atoms. The number of aryl methyl sites for hydroxylation is 1. The first-order valence-electron chi connectivity index (χ1n) is 9.64. The Bertz CT molecular complexity index is 1130. The molecule has 28 heavy (non-hydrogen) atoms. The Morgan fingerprint density at radius 2 is 2.00 bits per heavy atom. The minimum atomic E-state index is -0.0516. The Balaban J connectivity index is 1.50. The molecule has 1 aromatic carbocycles. The number of thiophene rings is 1. The van der Waals surface area contributed by atoms with Crippen LogP contribution in [0.25, 0.3) is 21.1 Å². The summed E-state index contributed by atoms with van der Waals surface area (Å²) in [5.41, 5.74) is 4.28. The number of H-pyrrole nitrogens is 1. The van der Waals surface area contributed by atoms with Gasteiger partial charge in [-0.1, -0.05) is 31.5 Å². The number of pyridine rings is 1. The van der Waals surface area contributed by atoms with Gasteiger partial charge in [-0.05, 0) is 36.6 Å². The summed E-state index contributed by atoms with van der Waals surface area (Å²) in [4.78, 5) is 22.4. The number of anilines is 1. The van der Waals surface area contributed by atoms with E-state index >= 15 is 0 Å². The fourth-order valence-corrected chi connectivity index (χ4v) is 4.66. The zero-order chi connectivity index (χ0) is 19.5. The number of hydrogen-bond acceptors (Lipinski definition) is 4. The fraction of sp³-hybridized carbons (Fsp3) is 0.273. The number of benzene rings is 1. The van der Waals surface area contributed by atoms with E-state index in [1.807, 2.05) is 25.4 Å². The van der Waals surface area contributed by atoms with Gasteiger partial charge in [0.25, 0.3) is 5.91 Å². The van der Waals surface area contributed by atoms with Gasteiger partial charge in [0.15, 0.2) is 0 Å². The molecule has 4 aromatic rings. The topological polar surface area (TPSA) is 69.8 Å². The van der Waals surface area contributed by atoms with E-state index in [9.17, 15) is 4.79 Å². The number of aromatic nitrogens is 2. The first-order valence-corrected chi connectivity index (χ1v) is 10.5. The van der Waals surface area contributed by atoms with Gasteiger partial charge in [-0.2, -0.15) is 0 Å². The number of carbonyl (C=O) groups excluding carboxylic acids is 1. The van der Waals surface area contributed by atoms with Crippen LogP contribution in [0.2, 0.25) is 0 Å². The lowest BCUT2D eigenvalue weighted by Crippen LogP contribution is -2.25. The predicted octanol–water partition coefficient (Wildman–Crippen LogP) is 4.74. The van der Waals surface area contributed by atoms with E-state index in [4.69, 9.17) is 4.98 Å². The van der Waals surface area contributed by atoms with Gasteiger partial charge in [-0.3, -0.25) is 4.79 Å². The molecular weight excluding hydrogens is 368 g/mol. The summed E-state index contributed by atoms with van der Waals surface area (Å²) < 4.78 is 0. The van der Waals surface area contributed by atoms with Gasteiger partial charge < -0.3 is 15.6 Å². The second-order valence-corrected chi connectivity index (χ2v) is 7.83. The number of nitrogens with one attached hydrogen (secondary N) is 3. The highest BCUT2D eigenvalue weighted by Gasteiger charge is 2.18. The number of aromatic amines is 1. The largest absolute Gasteiger partial charge is 0.386 e. The second-order valence-electron chi connectivity index (χ2n) is 6.83. The lowest BCUT2D eigenvalue weighted by molar-refractivity contribution is 0.0959. The fourth-order valence-electron chi connectivity index (χ4n) is 3.55. The normalized spacial score (nSPS) is 11.2. The lowest BCUT2D eigenvalue weighted by atomic mass is 10.1. The molecule has 4 rings (SSSR count). The maximum absolute atomic E-state index is 12.8. The number of nitrogens with zero attached hydrogens (tertiary/aromatic N) is 1. The van der Waals surface area contributed by atoms with Gasteiger partial charge in [0.05, 0.1) is 5.69 Å². The van der Waals surface area contributed by atoms with Crippen LogP contribution in [-0.4, -0.2) is 29.5 Å². The molecule has 0 bridgehead atoms. The van der Waals surface area contributed by atoms with Crippen LogP contribution in [0.4, 0.5) is 5.69 Å². The van der Waals surface area contributed by atoms with Crippen LogP contribution >= 0.6 is 11.3 Å². The highest BCUT2D eigenvalue weighted by Crippen LogP contribution is 2.34. The van der Waals surface area contributed by atoms with E-state index in [0.717, 1.165) is 46.4 Å². The van der Waals surface area contributed by atoms with Gasteiger partial charge in [-0.25, -0.2) is 4.98 Å². The number of rotatable bonds is 7. The summed E-state index contributed by atoms with van der Waals surface area (Å²) >= 11 is 1.46. The Kier molecular flexibility index (Phi) is 5.30. The molecule has 0 fully saturated rings. The number of amides is 1. The summed E-state index contributed by atoms with van der Waals surface area (Å²) in [5.74, 6) is -0.0516. The van der Waals surface area contributed by atoms with Gasteiger partial charge in [0.1, 0.15) is 9.71 Å². The van der Waals surface area contributed by atoms with Crippen molar-refractivity contribution in [1.29, 1.82) is 0 Å². The molecule has 3 N–H and O–H groups in total. The average Bonchev–Trinajstić information content (AvgIpc) is 3.29. The molecule has 0 atom stereocenters. The Labute approximate surface area is 168 Å². The third-order valence-electron chi connectivity index (χ3n) is 4.93. The SMILES string of the molecule is CCCc1ccc2c(NC)c(C(=O)NCCc3c[nH]c4ccccc34)sc2n1. The maximum Gasteiger partial charge on any atom is 0.263 e. The smallest absolute Gasteiger partial charge is 0.263 e. The molecule has 0 unspecified atom stereocenters.